The Hall–Kier alpha value is -6.00. The van der Waals surface area contributed by atoms with Crippen molar-refractivity contribution >= 4 is 155 Å². The van der Waals surface area contributed by atoms with Crippen LogP contribution in [0.3, 0.4) is 0 Å². The van der Waals surface area contributed by atoms with Gasteiger partial charge in [-0.1, -0.05) is 113 Å². The van der Waals surface area contributed by atoms with Gasteiger partial charge in [0.05, 0.1) is 0 Å². The van der Waals surface area contributed by atoms with Crippen LogP contribution in [0.15, 0.2) is 120 Å². The molecule has 0 saturated carbocycles. The molecular formula is C45H39B10N3O. The first-order valence-corrected chi connectivity index (χ1v) is 20.5. The van der Waals surface area contributed by atoms with E-state index in [4.69, 9.17) is 19.4 Å². The molecule has 0 radical (unpaired) electrons. The zero-order valence-corrected chi connectivity index (χ0v) is 35.7. The molecular weight excluding hydrogens is 707 g/mol. The summed E-state index contributed by atoms with van der Waals surface area (Å²) in [4.78, 5) is 15.8. The molecule has 59 heavy (non-hydrogen) atoms. The number of hydrogen-bond donors (Lipinski definition) is 0. The Morgan fingerprint density at radius 3 is 1.02 bits per heavy atom. The second-order valence-corrected chi connectivity index (χ2v) is 16.4. The Kier molecular flexibility index (Phi) is 9.78. The standard InChI is InChI=1S/C45H39B10N3O/c46-33-31(34(47)38(51)41(54)37(33)50)44-56-43(57-45(58-44)32-35(48)39(52)42(55)40(53)36(32)49)26-15-17-28-27-16-14-25(18-29(27)59-30(28)19-26)24-12-10-23(11-13-24)22-8-6-21(7-9-22)20-4-2-1-3-5-20/h1-19H,46-55H2. The average Bonchev–Trinajstić information content (AvgIpc) is 3.64. The molecule has 0 aliphatic rings. The van der Waals surface area contributed by atoms with Crippen molar-refractivity contribution in [2.24, 2.45) is 0 Å². The number of aromatic nitrogens is 3. The van der Waals surface area contributed by atoms with Crippen molar-refractivity contribution in [2.75, 3.05) is 0 Å². The molecule has 0 unspecified atom stereocenters. The van der Waals surface area contributed by atoms with Crippen molar-refractivity contribution in [1.29, 1.82) is 0 Å². The van der Waals surface area contributed by atoms with Gasteiger partial charge in [-0.05, 0) is 57.6 Å². The summed E-state index contributed by atoms with van der Waals surface area (Å²) in [6.07, 6.45) is 0. The molecule has 4 nitrogen and oxygen atoms in total. The van der Waals surface area contributed by atoms with Crippen LogP contribution in [-0.2, 0) is 0 Å². The van der Waals surface area contributed by atoms with Crippen molar-refractivity contribution < 1.29 is 4.42 Å². The summed E-state index contributed by atoms with van der Waals surface area (Å²) in [7, 11) is 22.0. The highest BCUT2D eigenvalue weighted by Crippen LogP contribution is 2.35. The highest BCUT2D eigenvalue weighted by atomic mass is 16.3. The number of fused-ring (bicyclic) bond motifs is 3. The van der Waals surface area contributed by atoms with E-state index in [1.54, 1.807) is 0 Å². The number of rotatable bonds is 6. The smallest absolute Gasteiger partial charge is 0.164 e. The van der Waals surface area contributed by atoms with Gasteiger partial charge in [-0.2, -0.15) is 0 Å². The highest BCUT2D eigenvalue weighted by molar-refractivity contribution is 6.69. The van der Waals surface area contributed by atoms with Gasteiger partial charge in [-0.25, -0.2) is 15.0 Å². The SMILES string of the molecule is Bc1c(B)c(B)c(-c2nc(-c3ccc4c(c3)oc3cc(-c5ccc(-c6ccc(-c7ccccc7)cc6)cc5)ccc34)nc(-c3c(B)c(B)c(B)c(B)c3B)n2)c(B)c1B. The van der Waals surface area contributed by atoms with Crippen LogP contribution in [0, 0.1) is 0 Å². The maximum Gasteiger partial charge on any atom is 0.164 e. The Labute approximate surface area is 355 Å². The lowest BCUT2D eigenvalue weighted by molar-refractivity contribution is 0.669. The monoisotopic (exact) mass is 747 g/mol. The minimum absolute atomic E-state index is 0.632. The minimum atomic E-state index is 0.632. The van der Waals surface area contributed by atoms with Crippen molar-refractivity contribution in [2.45, 2.75) is 0 Å². The second-order valence-electron chi connectivity index (χ2n) is 16.4. The first-order chi connectivity index (χ1) is 28.4. The van der Waals surface area contributed by atoms with E-state index in [-0.39, 0.29) is 0 Å². The summed E-state index contributed by atoms with van der Waals surface area (Å²) >= 11 is 0. The maximum atomic E-state index is 6.64. The lowest BCUT2D eigenvalue weighted by atomic mass is 9.60. The molecule has 0 saturated heterocycles. The third-order valence-electron chi connectivity index (χ3n) is 13.4. The van der Waals surface area contributed by atoms with Gasteiger partial charge in [0, 0.05) is 27.5 Å². The maximum absolute atomic E-state index is 6.64. The van der Waals surface area contributed by atoms with Crippen molar-refractivity contribution in [3.8, 4) is 67.5 Å². The minimum Gasteiger partial charge on any atom is -0.456 e. The fourth-order valence-electron chi connectivity index (χ4n) is 8.84. The molecule has 0 atom stereocenters. The Bertz CT molecular complexity index is 3010. The van der Waals surface area contributed by atoms with Gasteiger partial charge in [0.15, 0.2) is 17.5 Å². The van der Waals surface area contributed by atoms with Crippen LogP contribution in [-0.4, -0.2) is 93.4 Å². The van der Waals surface area contributed by atoms with Gasteiger partial charge in [0.1, 0.15) is 89.6 Å². The molecule has 0 N–H and O–H groups in total. The highest BCUT2D eigenvalue weighted by Gasteiger charge is 2.22. The van der Waals surface area contributed by atoms with E-state index < -0.39 is 0 Å². The molecule has 0 aliphatic carbocycles. The van der Waals surface area contributed by atoms with Crippen LogP contribution in [0.4, 0.5) is 0 Å². The predicted molar refractivity (Wildman–Crippen MR) is 282 cm³/mol. The van der Waals surface area contributed by atoms with E-state index in [2.05, 4.69) is 194 Å². The number of hydrogen-bond acceptors (Lipinski definition) is 4. The summed E-state index contributed by atoms with van der Waals surface area (Å²) in [5.74, 6) is 2.03. The van der Waals surface area contributed by atoms with Gasteiger partial charge >= 0.3 is 0 Å². The molecule has 9 aromatic rings. The van der Waals surface area contributed by atoms with E-state index in [0.29, 0.717) is 17.5 Å². The van der Waals surface area contributed by atoms with E-state index in [1.165, 1.54) is 76.9 Å². The summed E-state index contributed by atoms with van der Waals surface area (Å²) < 4.78 is 6.64. The molecule has 14 heteroatoms. The van der Waals surface area contributed by atoms with Crippen LogP contribution < -0.4 is 54.6 Å². The predicted octanol–water partition coefficient (Wildman–Crippen LogP) is -5.64. The third kappa shape index (κ3) is 6.63. The van der Waals surface area contributed by atoms with Crippen LogP contribution in [0.25, 0.3) is 89.5 Å². The van der Waals surface area contributed by atoms with Crippen molar-refractivity contribution in [3.05, 3.63) is 115 Å². The fourth-order valence-corrected chi connectivity index (χ4v) is 8.84. The van der Waals surface area contributed by atoms with Gasteiger partial charge in [-0.15, -0.1) is 32.8 Å². The van der Waals surface area contributed by atoms with E-state index in [1.807, 2.05) is 0 Å². The van der Waals surface area contributed by atoms with E-state index >= 15 is 0 Å². The number of nitrogens with zero attached hydrogens (tertiary/aromatic N) is 3. The number of benzene rings is 7. The van der Waals surface area contributed by atoms with Gasteiger partial charge in [0.25, 0.3) is 0 Å². The largest absolute Gasteiger partial charge is 0.456 e. The van der Waals surface area contributed by atoms with Crippen LogP contribution >= 0.6 is 0 Å². The van der Waals surface area contributed by atoms with Crippen molar-refractivity contribution in [3.63, 3.8) is 0 Å². The first kappa shape index (κ1) is 38.5. The zero-order chi connectivity index (χ0) is 41.3. The lowest BCUT2D eigenvalue weighted by Crippen LogP contribution is -2.55. The molecule has 0 amide bonds. The Balaban J connectivity index is 1.11. The molecule has 0 fully saturated rings. The lowest BCUT2D eigenvalue weighted by Gasteiger charge is -2.22. The second kappa shape index (κ2) is 15.0. The summed E-state index contributed by atoms with van der Waals surface area (Å²) in [6.45, 7) is 0. The molecule has 0 spiro atoms. The Morgan fingerprint density at radius 2 is 0.593 bits per heavy atom. The normalized spacial score (nSPS) is 11.4. The quantitative estimate of drug-likeness (QED) is 0.160. The first-order valence-electron chi connectivity index (χ1n) is 20.5. The number of furan rings is 1. The molecule has 270 valence electrons. The third-order valence-corrected chi connectivity index (χ3v) is 13.4. The molecule has 0 bridgehead atoms. The molecule has 0 aliphatic heterocycles. The van der Waals surface area contributed by atoms with Crippen LogP contribution in [0.2, 0.25) is 0 Å². The fraction of sp³-hybridized carbons (Fsp3) is 0. The van der Waals surface area contributed by atoms with E-state index in [0.717, 1.165) is 49.8 Å². The molecule has 2 heterocycles. The molecule has 2 aromatic heterocycles. The topological polar surface area (TPSA) is 51.8 Å². The summed E-state index contributed by atoms with van der Waals surface area (Å²) in [5.41, 5.74) is 24.3. The molecule has 9 rings (SSSR count). The molecule has 7 aromatic carbocycles. The zero-order valence-electron chi connectivity index (χ0n) is 35.7. The van der Waals surface area contributed by atoms with Gasteiger partial charge < -0.3 is 4.42 Å². The van der Waals surface area contributed by atoms with Gasteiger partial charge in [-0.3, -0.25) is 0 Å². The average molecular weight is 746 g/mol. The van der Waals surface area contributed by atoms with Gasteiger partial charge in [0.2, 0.25) is 0 Å². The Morgan fingerprint density at radius 1 is 0.288 bits per heavy atom. The van der Waals surface area contributed by atoms with Crippen molar-refractivity contribution in [1.82, 2.24) is 15.0 Å². The van der Waals surface area contributed by atoms with E-state index in [9.17, 15) is 0 Å². The summed E-state index contributed by atoms with van der Waals surface area (Å²) in [5, 5.41) is 2.14. The summed E-state index contributed by atoms with van der Waals surface area (Å²) in [6, 6.07) is 40.9. The van der Waals surface area contributed by atoms with Crippen LogP contribution in [0.5, 0.6) is 0 Å². The van der Waals surface area contributed by atoms with Crippen LogP contribution in [0.1, 0.15) is 0 Å².